The van der Waals surface area contributed by atoms with E-state index < -0.39 is 11.6 Å². The summed E-state index contributed by atoms with van der Waals surface area (Å²) in [5, 5.41) is 0. The number of carbonyl (C=O) groups excluding carboxylic acids is 2. The van der Waals surface area contributed by atoms with Gasteiger partial charge in [0.05, 0.1) is 0 Å². The molecule has 0 heterocycles. The normalized spacial score (nSPS) is 18.5. The molecular formula is C10H11IO2. The van der Waals surface area contributed by atoms with E-state index in [1.807, 2.05) is 20.8 Å². The maximum absolute atomic E-state index is 11.1. The minimum Gasteiger partial charge on any atom is -0.286 e. The standard InChI is InChI=1S/C10H11IO2/c1-10(2,3)6-4-8(12)9(13)5-7(6)11/h4-5H,1-3H3. The van der Waals surface area contributed by atoms with Gasteiger partial charge < -0.3 is 0 Å². The number of hydrogen-bond acceptors (Lipinski definition) is 2. The highest BCUT2D eigenvalue weighted by Gasteiger charge is 2.26. The second kappa shape index (κ2) is 3.36. The molecule has 1 rings (SSSR count). The molecule has 0 amide bonds. The molecule has 0 spiro atoms. The fraction of sp³-hybridized carbons (Fsp3) is 0.400. The van der Waals surface area contributed by atoms with Crippen LogP contribution in [0.15, 0.2) is 21.3 Å². The monoisotopic (exact) mass is 290 g/mol. The summed E-state index contributed by atoms with van der Waals surface area (Å²) in [6, 6.07) is 0. The fourth-order valence-corrected chi connectivity index (χ4v) is 2.36. The fourth-order valence-electron chi connectivity index (χ4n) is 1.11. The summed E-state index contributed by atoms with van der Waals surface area (Å²) in [6.07, 6.45) is 2.85. The van der Waals surface area contributed by atoms with Crippen LogP contribution < -0.4 is 0 Å². The Morgan fingerprint density at radius 3 is 2.00 bits per heavy atom. The molecule has 0 bridgehead atoms. The number of ketones is 2. The predicted molar refractivity (Wildman–Crippen MR) is 59.7 cm³/mol. The average molecular weight is 290 g/mol. The summed E-state index contributed by atoms with van der Waals surface area (Å²) in [5.41, 5.74) is 0.862. The second-order valence-corrected chi connectivity index (χ2v) is 5.19. The zero-order chi connectivity index (χ0) is 10.2. The van der Waals surface area contributed by atoms with Crippen molar-refractivity contribution in [1.82, 2.24) is 0 Å². The molecule has 0 aromatic heterocycles. The first-order chi connectivity index (χ1) is 5.82. The molecule has 0 atom stereocenters. The topological polar surface area (TPSA) is 34.1 Å². The molecule has 2 nitrogen and oxygen atoms in total. The number of rotatable bonds is 0. The van der Waals surface area contributed by atoms with Crippen LogP contribution >= 0.6 is 22.6 Å². The Labute approximate surface area is 91.2 Å². The summed E-state index contributed by atoms with van der Waals surface area (Å²) in [4.78, 5) is 22.1. The van der Waals surface area contributed by atoms with Crippen LogP contribution in [0.3, 0.4) is 0 Å². The summed E-state index contributed by atoms with van der Waals surface area (Å²) >= 11 is 2.09. The van der Waals surface area contributed by atoms with Crippen molar-refractivity contribution in [3.05, 3.63) is 21.3 Å². The average Bonchev–Trinajstić information content (AvgIpc) is 1.94. The van der Waals surface area contributed by atoms with Gasteiger partial charge in [-0.2, -0.15) is 0 Å². The number of carbonyl (C=O) groups is 2. The molecule has 0 fully saturated rings. The third-order valence-electron chi connectivity index (χ3n) is 1.84. The maximum atomic E-state index is 11.1. The second-order valence-electron chi connectivity index (χ2n) is 4.03. The first kappa shape index (κ1) is 10.6. The van der Waals surface area contributed by atoms with Gasteiger partial charge in [0.25, 0.3) is 0 Å². The van der Waals surface area contributed by atoms with Crippen molar-refractivity contribution in [2.45, 2.75) is 20.8 Å². The highest BCUT2D eigenvalue weighted by molar-refractivity contribution is 14.1. The van der Waals surface area contributed by atoms with Gasteiger partial charge in [0.15, 0.2) is 0 Å². The Balaban J connectivity index is 3.14. The third kappa shape index (κ3) is 2.27. The lowest BCUT2D eigenvalue weighted by atomic mass is 9.83. The lowest BCUT2D eigenvalue weighted by molar-refractivity contribution is -0.131. The highest BCUT2D eigenvalue weighted by Crippen LogP contribution is 2.36. The molecule has 13 heavy (non-hydrogen) atoms. The van der Waals surface area contributed by atoms with Gasteiger partial charge in [-0.05, 0) is 39.7 Å². The van der Waals surface area contributed by atoms with E-state index in [0.717, 1.165) is 9.15 Å². The highest BCUT2D eigenvalue weighted by atomic mass is 127. The quantitative estimate of drug-likeness (QED) is 0.390. The Bertz CT molecular complexity index is 329. The van der Waals surface area contributed by atoms with Crippen LogP contribution in [0.5, 0.6) is 0 Å². The molecular weight excluding hydrogens is 279 g/mol. The first-order valence-corrected chi connectivity index (χ1v) is 5.08. The van der Waals surface area contributed by atoms with Crippen LogP contribution in [0.4, 0.5) is 0 Å². The Morgan fingerprint density at radius 1 is 1.08 bits per heavy atom. The van der Waals surface area contributed by atoms with E-state index in [1.165, 1.54) is 12.2 Å². The molecule has 0 N–H and O–H groups in total. The lowest BCUT2D eigenvalue weighted by Crippen LogP contribution is -2.19. The molecule has 0 unspecified atom stereocenters. The van der Waals surface area contributed by atoms with E-state index in [2.05, 4.69) is 22.6 Å². The minimum absolute atomic E-state index is 0.0800. The van der Waals surface area contributed by atoms with Crippen molar-refractivity contribution in [2.75, 3.05) is 0 Å². The molecule has 0 aliphatic heterocycles. The Hall–Kier alpha value is -0.450. The van der Waals surface area contributed by atoms with Crippen LogP contribution in [-0.2, 0) is 9.59 Å². The lowest BCUT2D eigenvalue weighted by Gasteiger charge is -2.24. The van der Waals surface area contributed by atoms with Crippen molar-refractivity contribution in [2.24, 2.45) is 5.41 Å². The first-order valence-electron chi connectivity index (χ1n) is 4.00. The van der Waals surface area contributed by atoms with Gasteiger partial charge in [-0.3, -0.25) is 9.59 Å². The van der Waals surface area contributed by atoms with E-state index >= 15 is 0 Å². The molecule has 0 aromatic rings. The van der Waals surface area contributed by atoms with E-state index in [-0.39, 0.29) is 5.41 Å². The largest absolute Gasteiger partial charge is 0.286 e. The van der Waals surface area contributed by atoms with Crippen LogP contribution in [-0.4, -0.2) is 11.6 Å². The van der Waals surface area contributed by atoms with Crippen LogP contribution in [0.2, 0.25) is 0 Å². The minimum atomic E-state index is -0.419. The molecule has 0 saturated carbocycles. The van der Waals surface area contributed by atoms with Crippen molar-refractivity contribution in [1.29, 1.82) is 0 Å². The molecule has 0 radical (unpaired) electrons. The van der Waals surface area contributed by atoms with E-state index in [1.54, 1.807) is 0 Å². The Kier molecular flexibility index (Phi) is 2.75. The summed E-state index contributed by atoms with van der Waals surface area (Å²) in [7, 11) is 0. The number of hydrogen-bond donors (Lipinski definition) is 0. The molecule has 70 valence electrons. The van der Waals surface area contributed by atoms with Crippen molar-refractivity contribution in [3.8, 4) is 0 Å². The van der Waals surface area contributed by atoms with Gasteiger partial charge in [-0.1, -0.05) is 20.8 Å². The van der Waals surface area contributed by atoms with E-state index in [4.69, 9.17) is 0 Å². The van der Waals surface area contributed by atoms with Crippen LogP contribution in [0.1, 0.15) is 20.8 Å². The van der Waals surface area contributed by atoms with Crippen LogP contribution in [0.25, 0.3) is 0 Å². The van der Waals surface area contributed by atoms with Crippen LogP contribution in [0, 0.1) is 5.41 Å². The van der Waals surface area contributed by atoms with Crippen molar-refractivity contribution >= 4 is 34.2 Å². The number of allylic oxidation sites excluding steroid dienone is 4. The molecule has 1 aliphatic carbocycles. The van der Waals surface area contributed by atoms with Gasteiger partial charge in [-0.15, -0.1) is 0 Å². The maximum Gasteiger partial charge on any atom is 0.226 e. The predicted octanol–water partition coefficient (Wildman–Crippen LogP) is 2.43. The summed E-state index contributed by atoms with van der Waals surface area (Å²) in [5.74, 6) is -0.831. The zero-order valence-corrected chi connectivity index (χ0v) is 10.0. The zero-order valence-electron chi connectivity index (χ0n) is 7.85. The van der Waals surface area contributed by atoms with Crippen molar-refractivity contribution in [3.63, 3.8) is 0 Å². The molecule has 0 saturated heterocycles. The third-order valence-corrected chi connectivity index (χ3v) is 2.73. The summed E-state index contributed by atoms with van der Waals surface area (Å²) in [6.45, 7) is 6.07. The SMILES string of the molecule is CC(C)(C)C1=CC(=O)C(=O)C=C1I. The molecule has 3 heteroatoms. The molecule has 0 aromatic carbocycles. The Morgan fingerprint density at radius 2 is 1.54 bits per heavy atom. The van der Waals surface area contributed by atoms with Gasteiger partial charge in [-0.25, -0.2) is 0 Å². The van der Waals surface area contributed by atoms with Gasteiger partial charge in [0.2, 0.25) is 11.6 Å². The summed E-state index contributed by atoms with van der Waals surface area (Å²) < 4.78 is 0.870. The van der Waals surface area contributed by atoms with Crippen molar-refractivity contribution < 1.29 is 9.59 Å². The van der Waals surface area contributed by atoms with Gasteiger partial charge in [0.1, 0.15) is 0 Å². The van der Waals surface area contributed by atoms with E-state index in [0.29, 0.717) is 0 Å². The molecule has 1 aliphatic rings. The van der Waals surface area contributed by atoms with Gasteiger partial charge in [0, 0.05) is 9.66 Å². The van der Waals surface area contributed by atoms with E-state index in [9.17, 15) is 9.59 Å². The van der Waals surface area contributed by atoms with Gasteiger partial charge >= 0.3 is 0 Å². The smallest absolute Gasteiger partial charge is 0.226 e. The number of halogens is 1.